The summed E-state index contributed by atoms with van der Waals surface area (Å²) in [5.41, 5.74) is 7.89. The fourth-order valence-corrected chi connectivity index (χ4v) is 2.30. The third-order valence-corrected chi connectivity index (χ3v) is 3.05. The molecule has 1 aromatic heterocycles. The van der Waals surface area contributed by atoms with E-state index in [0.29, 0.717) is 17.8 Å². The maximum Gasteiger partial charge on any atom is 0.146 e. The number of nitrogens with zero attached hydrogens (tertiary/aromatic N) is 2. The first-order chi connectivity index (χ1) is 7.16. The van der Waals surface area contributed by atoms with E-state index in [2.05, 4.69) is 29.4 Å². The van der Waals surface area contributed by atoms with Crippen molar-refractivity contribution in [1.29, 1.82) is 0 Å². The van der Waals surface area contributed by atoms with Crippen molar-refractivity contribution in [3.63, 3.8) is 0 Å². The van der Waals surface area contributed by atoms with E-state index in [-0.39, 0.29) is 34.0 Å². The molecule has 98 valence electrons. The standard InChI is InChI=1S/C11H18N4.2BrH/c1-7-5-10(12)14-15-11(7)9-3-4-13-8(2)6-9;;/h5,8-9,13H,3-4,6H2,1-2H3,(H2,12,14);2*1H. The third-order valence-electron chi connectivity index (χ3n) is 3.05. The van der Waals surface area contributed by atoms with Gasteiger partial charge in [0.1, 0.15) is 5.82 Å². The molecule has 2 atom stereocenters. The smallest absolute Gasteiger partial charge is 0.146 e. The molecule has 17 heavy (non-hydrogen) atoms. The zero-order valence-electron chi connectivity index (χ0n) is 10.1. The van der Waals surface area contributed by atoms with Crippen LogP contribution in [0.3, 0.4) is 0 Å². The normalized spacial score (nSPS) is 23.4. The average molecular weight is 368 g/mol. The fraction of sp³-hybridized carbons (Fsp3) is 0.636. The number of hydrogen-bond donors (Lipinski definition) is 2. The summed E-state index contributed by atoms with van der Waals surface area (Å²) in [4.78, 5) is 0. The van der Waals surface area contributed by atoms with Gasteiger partial charge in [0.25, 0.3) is 0 Å². The van der Waals surface area contributed by atoms with Gasteiger partial charge in [-0.15, -0.1) is 39.1 Å². The number of nitrogens with two attached hydrogens (primary N) is 1. The van der Waals surface area contributed by atoms with Crippen LogP contribution in [0.15, 0.2) is 6.07 Å². The summed E-state index contributed by atoms with van der Waals surface area (Å²) in [5.74, 6) is 1.05. The molecule has 1 aromatic rings. The third kappa shape index (κ3) is 4.19. The van der Waals surface area contributed by atoms with E-state index in [0.717, 1.165) is 25.1 Å². The van der Waals surface area contributed by atoms with E-state index in [1.165, 1.54) is 5.56 Å². The van der Waals surface area contributed by atoms with Crippen molar-refractivity contribution in [2.45, 2.75) is 38.6 Å². The summed E-state index contributed by atoms with van der Waals surface area (Å²) in [6.45, 7) is 5.34. The van der Waals surface area contributed by atoms with Crippen LogP contribution in [-0.2, 0) is 0 Å². The molecule has 1 fully saturated rings. The second kappa shape index (κ2) is 7.28. The minimum atomic E-state index is 0. The Morgan fingerprint density at radius 3 is 2.65 bits per heavy atom. The van der Waals surface area contributed by atoms with Gasteiger partial charge < -0.3 is 11.1 Å². The van der Waals surface area contributed by atoms with Crippen LogP contribution in [0.1, 0.15) is 36.9 Å². The van der Waals surface area contributed by atoms with Gasteiger partial charge in [0.15, 0.2) is 0 Å². The van der Waals surface area contributed by atoms with Crippen LogP contribution in [0.5, 0.6) is 0 Å². The second-order valence-corrected chi connectivity index (χ2v) is 4.41. The molecule has 6 heteroatoms. The van der Waals surface area contributed by atoms with Gasteiger partial charge in [-0.3, -0.25) is 0 Å². The van der Waals surface area contributed by atoms with E-state index in [4.69, 9.17) is 5.73 Å². The number of nitrogen functional groups attached to an aromatic ring is 1. The molecular formula is C11H20Br2N4. The lowest BCUT2D eigenvalue weighted by molar-refractivity contribution is 0.374. The minimum absolute atomic E-state index is 0. The molecule has 0 aliphatic carbocycles. The number of anilines is 1. The highest BCUT2D eigenvalue weighted by molar-refractivity contribution is 8.93. The Morgan fingerprint density at radius 2 is 2.06 bits per heavy atom. The van der Waals surface area contributed by atoms with Gasteiger partial charge >= 0.3 is 0 Å². The van der Waals surface area contributed by atoms with E-state index in [1.807, 2.05) is 6.07 Å². The van der Waals surface area contributed by atoms with Gasteiger partial charge in [-0.1, -0.05) is 0 Å². The van der Waals surface area contributed by atoms with Crippen LogP contribution in [-0.4, -0.2) is 22.8 Å². The molecule has 0 spiro atoms. The quantitative estimate of drug-likeness (QED) is 0.799. The fourth-order valence-electron chi connectivity index (χ4n) is 2.30. The molecule has 2 rings (SSSR count). The first kappa shape index (κ1) is 16.8. The molecule has 3 N–H and O–H groups in total. The SMILES string of the molecule is Br.Br.Cc1cc(N)nnc1C1CCNC(C)C1. The van der Waals surface area contributed by atoms with Gasteiger partial charge in [-0.25, -0.2) is 0 Å². The monoisotopic (exact) mass is 366 g/mol. The Bertz CT molecular complexity index is 359. The Kier molecular flexibility index (Phi) is 7.20. The van der Waals surface area contributed by atoms with Crippen LogP contribution in [0.25, 0.3) is 0 Å². The molecule has 0 saturated carbocycles. The van der Waals surface area contributed by atoms with Gasteiger partial charge in [0.05, 0.1) is 5.69 Å². The maximum absolute atomic E-state index is 5.60. The number of halogens is 2. The number of hydrogen-bond acceptors (Lipinski definition) is 4. The lowest BCUT2D eigenvalue weighted by Crippen LogP contribution is -2.35. The molecule has 1 aliphatic heterocycles. The predicted molar refractivity (Wildman–Crippen MR) is 81.3 cm³/mol. The van der Waals surface area contributed by atoms with Crippen molar-refractivity contribution in [1.82, 2.24) is 15.5 Å². The Morgan fingerprint density at radius 1 is 1.35 bits per heavy atom. The van der Waals surface area contributed by atoms with Crippen LogP contribution in [0, 0.1) is 6.92 Å². The van der Waals surface area contributed by atoms with E-state index in [1.54, 1.807) is 0 Å². The summed E-state index contributed by atoms with van der Waals surface area (Å²) >= 11 is 0. The molecule has 2 unspecified atom stereocenters. The van der Waals surface area contributed by atoms with Crippen molar-refractivity contribution in [2.24, 2.45) is 0 Å². The molecule has 0 aromatic carbocycles. The molecule has 1 aliphatic rings. The van der Waals surface area contributed by atoms with Gasteiger partial charge in [0, 0.05) is 12.0 Å². The topological polar surface area (TPSA) is 63.8 Å². The summed E-state index contributed by atoms with van der Waals surface area (Å²) in [5, 5.41) is 11.6. The predicted octanol–water partition coefficient (Wildman–Crippen LogP) is 2.38. The van der Waals surface area contributed by atoms with E-state index < -0.39 is 0 Å². The van der Waals surface area contributed by atoms with E-state index in [9.17, 15) is 0 Å². The van der Waals surface area contributed by atoms with Crippen molar-refractivity contribution in [2.75, 3.05) is 12.3 Å². The Hall–Kier alpha value is -0.200. The zero-order chi connectivity index (χ0) is 10.8. The molecule has 2 heterocycles. The summed E-state index contributed by atoms with van der Waals surface area (Å²) in [6, 6.07) is 2.48. The Labute approximate surface area is 123 Å². The van der Waals surface area contributed by atoms with E-state index >= 15 is 0 Å². The number of piperidine rings is 1. The molecule has 4 nitrogen and oxygen atoms in total. The number of aromatic nitrogens is 2. The average Bonchev–Trinajstić information content (AvgIpc) is 2.17. The van der Waals surface area contributed by atoms with Crippen molar-refractivity contribution < 1.29 is 0 Å². The summed E-state index contributed by atoms with van der Waals surface area (Å²) in [6.07, 6.45) is 2.28. The van der Waals surface area contributed by atoms with Crippen molar-refractivity contribution in [3.8, 4) is 0 Å². The van der Waals surface area contributed by atoms with Gasteiger partial charge in [0.2, 0.25) is 0 Å². The Balaban J connectivity index is 0.00000128. The first-order valence-electron chi connectivity index (χ1n) is 5.50. The lowest BCUT2D eigenvalue weighted by atomic mass is 9.88. The van der Waals surface area contributed by atoms with Gasteiger partial charge in [-0.05, 0) is 44.9 Å². The number of nitrogens with one attached hydrogen (secondary N) is 1. The first-order valence-corrected chi connectivity index (χ1v) is 5.50. The highest BCUT2D eigenvalue weighted by Crippen LogP contribution is 2.28. The molecule has 0 amide bonds. The minimum Gasteiger partial charge on any atom is -0.382 e. The largest absolute Gasteiger partial charge is 0.382 e. The molecular weight excluding hydrogens is 348 g/mol. The lowest BCUT2D eigenvalue weighted by Gasteiger charge is -2.28. The van der Waals surface area contributed by atoms with Crippen LogP contribution in [0.2, 0.25) is 0 Å². The van der Waals surface area contributed by atoms with Gasteiger partial charge in [-0.2, -0.15) is 5.10 Å². The summed E-state index contributed by atoms with van der Waals surface area (Å²) in [7, 11) is 0. The molecule has 0 bridgehead atoms. The highest BCUT2D eigenvalue weighted by Gasteiger charge is 2.22. The number of aryl methyl sites for hydroxylation is 1. The van der Waals surface area contributed by atoms with Crippen LogP contribution >= 0.6 is 34.0 Å². The molecule has 1 saturated heterocycles. The zero-order valence-corrected chi connectivity index (χ0v) is 13.6. The number of rotatable bonds is 1. The molecule has 0 radical (unpaired) electrons. The van der Waals surface area contributed by atoms with Crippen molar-refractivity contribution in [3.05, 3.63) is 17.3 Å². The highest BCUT2D eigenvalue weighted by atomic mass is 79.9. The van der Waals surface area contributed by atoms with Crippen LogP contribution < -0.4 is 11.1 Å². The van der Waals surface area contributed by atoms with Crippen molar-refractivity contribution >= 4 is 39.8 Å². The summed E-state index contributed by atoms with van der Waals surface area (Å²) < 4.78 is 0. The van der Waals surface area contributed by atoms with Crippen LogP contribution in [0.4, 0.5) is 5.82 Å². The maximum atomic E-state index is 5.60. The second-order valence-electron chi connectivity index (χ2n) is 4.41.